The molecule has 0 spiro atoms. The Hall–Kier alpha value is -1.98. The number of nitrogens with two attached hydrogens (primary N) is 3. The number of rotatable bonds is 0. The SMILES string of the molecule is Nc1nc(N)nc(N)n1.O=S(=O)(O)O.O=S(=O)(O)O.O=S(=O)(O)O. The Morgan fingerprint density at radius 3 is 0.667 bits per heavy atom. The van der Waals surface area contributed by atoms with Gasteiger partial charge in [0.05, 0.1) is 0 Å². The fourth-order valence-electron chi connectivity index (χ4n) is 0.427. The smallest absolute Gasteiger partial charge is 0.368 e. The van der Waals surface area contributed by atoms with Gasteiger partial charge in [0, 0.05) is 0 Å². The quantitative estimate of drug-likeness (QED) is 0.185. The first kappa shape index (κ1) is 26.9. The Labute approximate surface area is 134 Å². The van der Waals surface area contributed by atoms with Crippen molar-refractivity contribution in [3.05, 3.63) is 0 Å². The van der Waals surface area contributed by atoms with Gasteiger partial charge in [0.2, 0.25) is 17.8 Å². The van der Waals surface area contributed by atoms with Gasteiger partial charge in [0.15, 0.2) is 0 Å². The van der Waals surface area contributed by atoms with Gasteiger partial charge < -0.3 is 17.2 Å². The lowest BCUT2D eigenvalue weighted by atomic mass is 10.9. The normalized spacial score (nSPS) is 10.8. The lowest BCUT2D eigenvalue weighted by molar-refractivity contribution is 0.378. The maximum atomic E-state index is 8.74. The number of hydrogen-bond donors (Lipinski definition) is 9. The van der Waals surface area contributed by atoms with E-state index in [0.29, 0.717) is 0 Å². The first-order valence-electron chi connectivity index (χ1n) is 4.30. The molecule has 24 heavy (non-hydrogen) atoms. The van der Waals surface area contributed by atoms with E-state index >= 15 is 0 Å². The topological polar surface area (TPSA) is 341 Å². The molecular formula is C3H12N6O12S3. The van der Waals surface area contributed by atoms with Crippen LogP contribution in [0.25, 0.3) is 0 Å². The summed E-state index contributed by atoms with van der Waals surface area (Å²) in [6.45, 7) is 0. The van der Waals surface area contributed by atoms with Crippen LogP contribution in [-0.4, -0.2) is 67.5 Å². The van der Waals surface area contributed by atoms with Crippen molar-refractivity contribution >= 4 is 49.0 Å². The monoisotopic (exact) mass is 420 g/mol. The zero-order chi connectivity index (χ0) is 20.4. The molecule has 0 radical (unpaired) electrons. The summed E-state index contributed by atoms with van der Waals surface area (Å²) in [5, 5.41) is 0. The summed E-state index contributed by atoms with van der Waals surface area (Å²) in [5.74, 6) is 0.125. The Morgan fingerprint density at radius 2 is 0.583 bits per heavy atom. The molecule has 21 heteroatoms. The molecule has 18 nitrogen and oxygen atoms in total. The molecule has 0 fully saturated rings. The molecule has 0 amide bonds. The van der Waals surface area contributed by atoms with Crippen LogP contribution in [0.4, 0.5) is 17.8 Å². The molecule has 0 saturated carbocycles. The Kier molecular flexibility index (Phi) is 12.0. The first-order chi connectivity index (χ1) is 10.2. The summed E-state index contributed by atoms with van der Waals surface area (Å²) in [6, 6.07) is 0. The molecule has 1 rings (SSSR count). The predicted molar refractivity (Wildman–Crippen MR) is 75.6 cm³/mol. The average molecular weight is 420 g/mol. The summed E-state index contributed by atoms with van der Waals surface area (Å²) in [6.07, 6.45) is 0. The molecule has 0 atom stereocenters. The maximum absolute atomic E-state index is 8.74. The van der Waals surface area contributed by atoms with E-state index in [-0.39, 0.29) is 17.8 Å². The van der Waals surface area contributed by atoms with E-state index < -0.39 is 31.2 Å². The van der Waals surface area contributed by atoms with Crippen molar-refractivity contribution in [3.63, 3.8) is 0 Å². The number of hydrogen-bond acceptors (Lipinski definition) is 12. The van der Waals surface area contributed by atoms with Crippen LogP contribution in [0.5, 0.6) is 0 Å². The molecule has 0 saturated heterocycles. The molecular weight excluding hydrogens is 408 g/mol. The van der Waals surface area contributed by atoms with Gasteiger partial charge in [0.25, 0.3) is 0 Å². The lowest BCUT2D eigenvalue weighted by Gasteiger charge is -1.93. The summed E-state index contributed by atoms with van der Waals surface area (Å²) in [7, 11) is -14.0. The van der Waals surface area contributed by atoms with Gasteiger partial charge in [-0.2, -0.15) is 40.2 Å². The highest BCUT2D eigenvalue weighted by molar-refractivity contribution is 7.80. The van der Waals surface area contributed by atoms with E-state index in [9.17, 15) is 0 Å². The summed E-state index contributed by atoms with van der Waals surface area (Å²) >= 11 is 0. The largest absolute Gasteiger partial charge is 0.394 e. The van der Waals surface area contributed by atoms with Gasteiger partial charge in [-0.3, -0.25) is 27.3 Å². The molecule has 144 valence electrons. The highest BCUT2D eigenvalue weighted by Gasteiger charge is 1.93. The zero-order valence-corrected chi connectivity index (χ0v) is 13.4. The Morgan fingerprint density at radius 1 is 0.500 bits per heavy atom. The van der Waals surface area contributed by atoms with Gasteiger partial charge in [0.1, 0.15) is 0 Å². The second-order valence-electron chi connectivity index (χ2n) is 2.75. The molecule has 0 aliphatic rings. The Balaban J connectivity index is -0.000000259. The number of anilines is 3. The van der Waals surface area contributed by atoms with Gasteiger partial charge in [-0.15, -0.1) is 0 Å². The van der Waals surface area contributed by atoms with Crippen LogP contribution < -0.4 is 17.2 Å². The summed E-state index contributed by atoms with van der Waals surface area (Å²) < 4.78 is 94.8. The summed E-state index contributed by atoms with van der Waals surface area (Å²) in [4.78, 5) is 10.5. The highest BCUT2D eigenvalue weighted by atomic mass is 32.3. The first-order valence-corrected chi connectivity index (χ1v) is 8.49. The van der Waals surface area contributed by atoms with Crippen LogP contribution in [-0.2, 0) is 31.2 Å². The lowest BCUT2D eigenvalue weighted by Crippen LogP contribution is -2.05. The molecule has 0 unspecified atom stereocenters. The number of aromatic nitrogens is 3. The van der Waals surface area contributed by atoms with E-state index in [0.717, 1.165) is 0 Å². The molecule has 1 aromatic heterocycles. The minimum absolute atomic E-state index is 0.0417. The average Bonchev–Trinajstić information content (AvgIpc) is 2.04. The molecule has 0 aliphatic carbocycles. The Bertz CT molecular complexity index is 655. The van der Waals surface area contributed by atoms with Crippen molar-refractivity contribution in [2.45, 2.75) is 0 Å². The number of nitrogens with zero attached hydrogens (tertiary/aromatic N) is 3. The van der Waals surface area contributed by atoms with E-state index in [2.05, 4.69) is 15.0 Å². The van der Waals surface area contributed by atoms with Gasteiger partial charge in [-0.05, 0) is 0 Å². The van der Waals surface area contributed by atoms with Crippen LogP contribution in [0.1, 0.15) is 0 Å². The van der Waals surface area contributed by atoms with Gasteiger partial charge >= 0.3 is 31.2 Å². The van der Waals surface area contributed by atoms with Gasteiger partial charge in [-0.25, -0.2) is 0 Å². The predicted octanol–water partition coefficient (Wildman–Crippen LogP) is -3.34. The van der Waals surface area contributed by atoms with Crippen LogP contribution >= 0.6 is 0 Å². The van der Waals surface area contributed by atoms with Crippen molar-refractivity contribution in [3.8, 4) is 0 Å². The van der Waals surface area contributed by atoms with Crippen molar-refractivity contribution < 1.29 is 52.6 Å². The van der Waals surface area contributed by atoms with Crippen LogP contribution in [0.3, 0.4) is 0 Å². The molecule has 0 bridgehead atoms. The fraction of sp³-hybridized carbons (Fsp3) is 0. The van der Waals surface area contributed by atoms with E-state index in [1.165, 1.54) is 0 Å². The second kappa shape index (κ2) is 10.7. The maximum Gasteiger partial charge on any atom is 0.394 e. The number of nitrogen functional groups attached to an aromatic ring is 3. The van der Waals surface area contributed by atoms with Crippen molar-refractivity contribution in [2.24, 2.45) is 0 Å². The van der Waals surface area contributed by atoms with E-state index in [1.807, 2.05) is 0 Å². The minimum Gasteiger partial charge on any atom is -0.368 e. The molecule has 1 aromatic rings. The molecule has 1 heterocycles. The third-order valence-corrected chi connectivity index (χ3v) is 0.687. The van der Waals surface area contributed by atoms with Crippen LogP contribution in [0.15, 0.2) is 0 Å². The molecule has 0 aromatic carbocycles. The fourth-order valence-corrected chi connectivity index (χ4v) is 0.427. The molecule has 12 N–H and O–H groups in total. The van der Waals surface area contributed by atoms with E-state index in [4.69, 9.17) is 69.8 Å². The van der Waals surface area contributed by atoms with E-state index in [1.54, 1.807) is 0 Å². The third kappa shape index (κ3) is 72.1. The van der Waals surface area contributed by atoms with Crippen LogP contribution in [0.2, 0.25) is 0 Å². The van der Waals surface area contributed by atoms with Crippen molar-refractivity contribution in [1.82, 2.24) is 15.0 Å². The molecule has 0 aliphatic heterocycles. The minimum atomic E-state index is -4.67. The van der Waals surface area contributed by atoms with Gasteiger partial charge in [-0.1, -0.05) is 0 Å². The summed E-state index contributed by atoms with van der Waals surface area (Å²) in [5.41, 5.74) is 15.4. The third-order valence-electron chi connectivity index (χ3n) is 0.687. The van der Waals surface area contributed by atoms with Crippen molar-refractivity contribution in [2.75, 3.05) is 17.2 Å². The second-order valence-corrected chi connectivity index (χ2v) is 5.44. The zero-order valence-electron chi connectivity index (χ0n) is 10.9. The highest BCUT2D eigenvalue weighted by Crippen LogP contribution is 1.97. The standard InChI is InChI=1S/C3H6N6.3H2O4S/c4-1-7-2(5)9-3(6)8-1;3*1-5(2,3)4/h(H6,4,5,6,7,8,9);3*(H2,1,2,3,4). The van der Waals surface area contributed by atoms with Crippen LogP contribution in [0, 0.1) is 0 Å². The van der Waals surface area contributed by atoms with Crippen molar-refractivity contribution in [1.29, 1.82) is 0 Å².